The van der Waals surface area contributed by atoms with Crippen molar-refractivity contribution >= 4 is 28.7 Å². The number of rotatable bonds is 3. The van der Waals surface area contributed by atoms with E-state index in [9.17, 15) is 0 Å². The summed E-state index contributed by atoms with van der Waals surface area (Å²) in [6.45, 7) is 1.86. The number of aromatic nitrogens is 2. The minimum Gasteiger partial charge on any atom is -0.374 e. The highest BCUT2D eigenvalue weighted by Crippen LogP contribution is 2.34. The molecule has 0 amide bonds. The SMILES string of the molecule is Cc1nn(C(N)=S)c(-c2ccccc2)c1N=Nc1ccccc1. The summed E-state index contributed by atoms with van der Waals surface area (Å²) in [6, 6.07) is 19.3. The number of nitrogens with zero attached hydrogens (tertiary/aromatic N) is 4. The number of aryl methyl sites for hydroxylation is 1. The van der Waals surface area contributed by atoms with E-state index in [1.54, 1.807) is 0 Å². The average molecular weight is 321 g/mol. The van der Waals surface area contributed by atoms with Crippen LogP contribution in [0.4, 0.5) is 11.4 Å². The molecule has 0 spiro atoms. The zero-order chi connectivity index (χ0) is 16.2. The second-order valence-electron chi connectivity index (χ2n) is 4.93. The van der Waals surface area contributed by atoms with Gasteiger partial charge in [-0.2, -0.15) is 10.2 Å². The predicted molar refractivity (Wildman–Crippen MR) is 95.2 cm³/mol. The van der Waals surface area contributed by atoms with Crippen LogP contribution in [0.3, 0.4) is 0 Å². The van der Waals surface area contributed by atoms with Crippen molar-refractivity contribution in [3.8, 4) is 11.3 Å². The van der Waals surface area contributed by atoms with Crippen molar-refractivity contribution in [1.29, 1.82) is 0 Å². The van der Waals surface area contributed by atoms with Gasteiger partial charge in [-0.25, -0.2) is 4.68 Å². The molecule has 3 aromatic rings. The molecule has 1 heterocycles. The molecule has 2 aromatic carbocycles. The van der Waals surface area contributed by atoms with E-state index in [-0.39, 0.29) is 5.11 Å². The number of azo groups is 1. The van der Waals surface area contributed by atoms with Crippen molar-refractivity contribution in [1.82, 2.24) is 9.78 Å². The largest absolute Gasteiger partial charge is 0.374 e. The van der Waals surface area contributed by atoms with Crippen molar-refractivity contribution in [2.24, 2.45) is 16.0 Å². The van der Waals surface area contributed by atoms with Crippen LogP contribution in [0.15, 0.2) is 70.9 Å². The Labute approximate surface area is 139 Å². The lowest BCUT2D eigenvalue weighted by Gasteiger charge is -2.05. The first-order valence-electron chi connectivity index (χ1n) is 7.08. The Morgan fingerprint density at radius 2 is 1.61 bits per heavy atom. The third-order valence-corrected chi connectivity index (χ3v) is 3.48. The minimum absolute atomic E-state index is 0.174. The summed E-state index contributed by atoms with van der Waals surface area (Å²) in [6.07, 6.45) is 0. The van der Waals surface area contributed by atoms with Gasteiger partial charge in [-0.3, -0.25) is 0 Å². The maximum Gasteiger partial charge on any atom is 0.191 e. The van der Waals surface area contributed by atoms with Crippen LogP contribution in [0, 0.1) is 6.92 Å². The second-order valence-corrected chi connectivity index (χ2v) is 5.35. The normalized spacial score (nSPS) is 11.0. The van der Waals surface area contributed by atoms with Gasteiger partial charge in [0.25, 0.3) is 0 Å². The molecule has 3 rings (SSSR count). The summed E-state index contributed by atoms with van der Waals surface area (Å²) in [5, 5.41) is 13.2. The van der Waals surface area contributed by atoms with E-state index in [1.807, 2.05) is 67.6 Å². The molecule has 2 N–H and O–H groups in total. The highest BCUT2D eigenvalue weighted by molar-refractivity contribution is 7.80. The Balaban J connectivity index is 2.13. The first-order valence-corrected chi connectivity index (χ1v) is 7.49. The van der Waals surface area contributed by atoms with Crippen LogP contribution in [-0.2, 0) is 0 Å². The highest BCUT2D eigenvalue weighted by Gasteiger charge is 2.18. The van der Waals surface area contributed by atoms with Crippen LogP contribution in [-0.4, -0.2) is 14.9 Å². The van der Waals surface area contributed by atoms with Crippen molar-refractivity contribution in [3.05, 3.63) is 66.4 Å². The Morgan fingerprint density at radius 3 is 2.22 bits per heavy atom. The number of hydrogen-bond donors (Lipinski definition) is 1. The van der Waals surface area contributed by atoms with Crippen molar-refractivity contribution < 1.29 is 0 Å². The van der Waals surface area contributed by atoms with Crippen LogP contribution in [0.1, 0.15) is 5.69 Å². The summed E-state index contributed by atoms with van der Waals surface area (Å²) in [4.78, 5) is 0. The molecule has 0 aliphatic rings. The van der Waals surface area contributed by atoms with E-state index in [4.69, 9.17) is 18.0 Å². The molecule has 114 valence electrons. The first-order chi connectivity index (χ1) is 11.2. The molecular formula is C17H15N5S. The van der Waals surface area contributed by atoms with Crippen molar-refractivity contribution in [3.63, 3.8) is 0 Å². The van der Waals surface area contributed by atoms with Crippen LogP contribution >= 0.6 is 12.2 Å². The summed E-state index contributed by atoms with van der Waals surface area (Å²) < 4.78 is 1.53. The van der Waals surface area contributed by atoms with E-state index in [2.05, 4.69) is 15.3 Å². The molecule has 1 aromatic heterocycles. The molecule has 0 fully saturated rings. The third kappa shape index (κ3) is 3.17. The van der Waals surface area contributed by atoms with Gasteiger partial charge >= 0.3 is 0 Å². The zero-order valence-corrected chi connectivity index (χ0v) is 13.4. The fourth-order valence-corrected chi connectivity index (χ4v) is 2.39. The molecular weight excluding hydrogens is 306 g/mol. The van der Waals surface area contributed by atoms with Crippen LogP contribution in [0.2, 0.25) is 0 Å². The number of hydrogen-bond acceptors (Lipinski definition) is 4. The van der Waals surface area contributed by atoms with Gasteiger partial charge in [-0.15, -0.1) is 5.11 Å². The molecule has 0 radical (unpaired) electrons. The summed E-state index contributed by atoms with van der Waals surface area (Å²) in [7, 11) is 0. The van der Waals surface area contributed by atoms with Gasteiger partial charge < -0.3 is 5.73 Å². The van der Waals surface area contributed by atoms with Crippen molar-refractivity contribution in [2.75, 3.05) is 0 Å². The van der Waals surface area contributed by atoms with Gasteiger partial charge in [-0.1, -0.05) is 48.5 Å². The van der Waals surface area contributed by atoms with Crippen LogP contribution < -0.4 is 5.73 Å². The maximum absolute atomic E-state index is 5.80. The molecule has 0 unspecified atom stereocenters. The molecule has 0 atom stereocenters. The Hall–Kier alpha value is -2.86. The van der Waals surface area contributed by atoms with Crippen LogP contribution in [0.5, 0.6) is 0 Å². The van der Waals surface area contributed by atoms with Gasteiger partial charge in [0.05, 0.1) is 11.4 Å². The standard InChI is InChI=1S/C17H15N5S/c1-12-15(20-19-14-10-6-3-7-11-14)16(22(21-12)17(18)23)13-8-4-2-5-9-13/h2-11H,1H3,(H2,18,23). The molecule has 0 aliphatic carbocycles. The minimum atomic E-state index is 0.174. The molecule has 5 nitrogen and oxygen atoms in total. The van der Waals surface area contributed by atoms with Gasteiger partial charge in [0, 0.05) is 5.56 Å². The molecule has 0 saturated carbocycles. The van der Waals surface area contributed by atoms with Crippen molar-refractivity contribution in [2.45, 2.75) is 6.92 Å². The first kappa shape index (κ1) is 15.1. The lowest BCUT2D eigenvalue weighted by atomic mass is 10.1. The topological polar surface area (TPSA) is 68.6 Å². The summed E-state index contributed by atoms with van der Waals surface area (Å²) in [5.41, 5.74) is 9.63. The van der Waals surface area contributed by atoms with E-state index in [0.29, 0.717) is 5.69 Å². The molecule has 0 aliphatic heterocycles. The zero-order valence-electron chi connectivity index (χ0n) is 12.5. The number of nitrogens with two attached hydrogens (primary N) is 1. The molecule has 0 saturated heterocycles. The average Bonchev–Trinajstić information content (AvgIpc) is 2.91. The second kappa shape index (κ2) is 6.50. The highest BCUT2D eigenvalue weighted by atomic mass is 32.1. The summed E-state index contributed by atoms with van der Waals surface area (Å²) in [5.74, 6) is 0. The predicted octanol–water partition coefficient (Wildman–Crippen LogP) is 4.37. The lowest BCUT2D eigenvalue weighted by Crippen LogP contribution is -2.21. The van der Waals surface area contributed by atoms with E-state index >= 15 is 0 Å². The lowest BCUT2D eigenvalue weighted by molar-refractivity contribution is 0.923. The van der Waals surface area contributed by atoms with Crippen LogP contribution in [0.25, 0.3) is 11.3 Å². The number of benzene rings is 2. The Kier molecular flexibility index (Phi) is 4.25. The fourth-order valence-electron chi connectivity index (χ4n) is 2.26. The monoisotopic (exact) mass is 321 g/mol. The Bertz CT molecular complexity index is 853. The Morgan fingerprint density at radius 1 is 1.00 bits per heavy atom. The molecule has 6 heteroatoms. The van der Waals surface area contributed by atoms with E-state index < -0.39 is 0 Å². The molecule has 23 heavy (non-hydrogen) atoms. The van der Waals surface area contributed by atoms with E-state index in [0.717, 1.165) is 22.6 Å². The quantitative estimate of drug-likeness (QED) is 0.575. The van der Waals surface area contributed by atoms with Gasteiger partial charge in [0.1, 0.15) is 11.4 Å². The molecule has 0 bridgehead atoms. The smallest absolute Gasteiger partial charge is 0.191 e. The third-order valence-electron chi connectivity index (χ3n) is 3.31. The number of thiocarbonyl (C=S) groups is 1. The fraction of sp³-hybridized carbons (Fsp3) is 0.0588. The maximum atomic E-state index is 5.80. The van der Waals surface area contributed by atoms with Gasteiger partial charge in [0.15, 0.2) is 5.11 Å². The van der Waals surface area contributed by atoms with Gasteiger partial charge in [-0.05, 0) is 31.3 Å². The summed E-state index contributed by atoms with van der Waals surface area (Å²) >= 11 is 5.11. The van der Waals surface area contributed by atoms with Gasteiger partial charge in [0.2, 0.25) is 0 Å². The van der Waals surface area contributed by atoms with E-state index in [1.165, 1.54) is 4.68 Å².